The highest BCUT2D eigenvalue weighted by Crippen LogP contribution is 2.36. The van der Waals surface area contributed by atoms with Gasteiger partial charge in [0.2, 0.25) is 0 Å². The fourth-order valence-electron chi connectivity index (χ4n) is 2.13. The van der Waals surface area contributed by atoms with E-state index in [0.29, 0.717) is 0 Å². The molecule has 0 amide bonds. The molecule has 3 heteroatoms. The van der Waals surface area contributed by atoms with Gasteiger partial charge in [0.15, 0.2) is 0 Å². The average molecular weight is 358 g/mol. The van der Waals surface area contributed by atoms with E-state index >= 15 is 0 Å². The lowest BCUT2D eigenvalue weighted by Crippen LogP contribution is -2.00. The Morgan fingerprint density at radius 2 is 1.53 bits per heavy atom. The molecule has 0 radical (unpaired) electrons. The zero-order valence-corrected chi connectivity index (χ0v) is 14.2. The first-order valence-corrected chi connectivity index (χ1v) is 7.67. The smallest absolute Gasteiger partial charge is 0.0841 e. The molecule has 0 heterocycles. The molecule has 0 fully saturated rings. The molecule has 0 aliphatic heterocycles. The van der Waals surface area contributed by atoms with Gasteiger partial charge in [-0.05, 0) is 66.8 Å². The quantitative estimate of drug-likeness (QED) is 0.549. The molecule has 0 nitrogen and oxygen atoms in total. The fraction of sp³-hybridized carbons (Fsp3) is 0.250. The minimum absolute atomic E-state index is 0.175. The molecule has 100 valence electrons. The summed E-state index contributed by atoms with van der Waals surface area (Å²) in [5.74, 6) is 0. The summed E-state index contributed by atoms with van der Waals surface area (Å²) in [6, 6.07) is 10.1. The molecule has 0 bridgehead atoms. The number of aryl methyl sites for hydroxylation is 3. The lowest BCUT2D eigenvalue weighted by molar-refractivity contribution is 1.08. The van der Waals surface area contributed by atoms with Crippen LogP contribution in [0.15, 0.2) is 34.8 Å². The van der Waals surface area contributed by atoms with Crippen LogP contribution >= 0.6 is 39.1 Å². The van der Waals surface area contributed by atoms with Crippen LogP contribution in [0.4, 0.5) is 0 Å². The molecule has 1 atom stereocenters. The second-order valence-corrected chi connectivity index (χ2v) is 6.55. The van der Waals surface area contributed by atoms with Crippen molar-refractivity contribution < 1.29 is 0 Å². The molecular weight excluding hydrogens is 343 g/mol. The van der Waals surface area contributed by atoms with Crippen molar-refractivity contribution in [2.75, 3.05) is 0 Å². The first-order valence-electron chi connectivity index (χ1n) is 6.07. The predicted molar refractivity (Wildman–Crippen MR) is 87.5 cm³/mol. The van der Waals surface area contributed by atoms with Crippen LogP contribution < -0.4 is 0 Å². The van der Waals surface area contributed by atoms with Crippen molar-refractivity contribution in [3.8, 4) is 0 Å². The molecular formula is C16H15BrCl2. The first kappa shape index (κ1) is 14.9. The van der Waals surface area contributed by atoms with E-state index in [-0.39, 0.29) is 5.38 Å². The van der Waals surface area contributed by atoms with Crippen LogP contribution in [0.3, 0.4) is 0 Å². The Bertz CT molecular complexity index is 620. The fourth-order valence-corrected chi connectivity index (χ4v) is 3.24. The van der Waals surface area contributed by atoms with Crippen LogP contribution in [0.5, 0.6) is 0 Å². The van der Waals surface area contributed by atoms with Crippen molar-refractivity contribution in [2.24, 2.45) is 0 Å². The van der Waals surface area contributed by atoms with Crippen molar-refractivity contribution in [1.82, 2.24) is 0 Å². The topological polar surface area (TPSA) is 0 Å². The minimum Gasteiger partial charge on any atom is -0.113 e. The van der Waals surface area contributed by atoms with E-state index in [1.165, 1.54) is 11.1 Å². The number of hydrogen-bond donors (Lipinski definition) is 0. The summed E-state index contributed by atoms with van der Waals surface area (Å²) in [6.45, 7) is 6.21. The summed E-state index contributed by atoms with van der Waals surface area (Å²) in [7, 11) is 0. The third-order valence-corrected chi connectivity index (χ3v) is 4.89. The van der Waals surface area contributed by atoms with Gasteiger partial charge in [-0.15, -0.1) is 11.6 Å². The highest BCUT2D eigenvalue weighted by atomic mass is 79.9. The van der Waals surface area contributed by atoms with E-state index in [4.69, 9.17) is 23.2 Å². The van der Waals surface area contributed by atoms with Crippen molar-refractivity contribution in [2.45, 2.75) is 26.1 Å². The zero-order chi connectivity index (χ0) is 14.2. The molecule has 2 rings (SSSR count). The third-order valence-electron chi connectivity index (χ3n) is 3.33. The monoisotopic (exact) mass is 356 g/mol. The lowest BCUT2D eigenvalue weighted by Gasteiger charge is -2.17. The Kier molecular flexibility index (Phi) is 4.60. The van der Waals surface area contributed by atoms with Gasteiger partial charge < -0.3 is 0 Å². The standard InChI is InChI=1S/C16H15BrCl2/c1-9-4-5-12(18)8-14(9)16(19)13-6-11(3)15(17)7-10(13)2/h4-8,16H,1-3H3. The van der Waals surface area contributed by atoms with Crippen LogP contribution in [-0.4, -0.2) is 0 Å². The lowest BCUT2D eigenvalue weighted by atomic mass is 9.95. The van der Waals surface area contributed by atoms with Gasteiger partial charge in [-0.3, -0.25) is 0 Å². The molecule has 2 aromatic rings. The Labute approximate surface area is 132 Å². The Hall–Kier alpha value is -0.500. The van der Waals surface area contributed by atoms with E-state index in [1.807, 2.05) is 18.2 Å². The summed E-state index contributed by atoms with van der Waals surface area (Å²) >= 11 is 16.3. The molecule has 0 saturated heterocycles. The van der Waals surface area contributed by atoms with Crippen LogP contribution in [-0.2, 0) is 0 Å². The maximum Gasteiger partial charge on any atom is 0.0841 e. The number of alkyl halides is 1. The summed E-state index contributed by atoms with van der Waals surface area (Å²) < 4.78 is 1.11. The van der Waals surface area contributed by atoms with Gasteiger partial charge in [-0.1, -0.05) is 39.7 Å². The number of benzene rings is 2. The van der Waals surface area contributed by atoms with Crippen molar-refractivity contribution >= 4 is 39.1 Å². The SMILES string of the molecule is Cc1cc(C(Cl)c2cc(Cl)ccc2C)c(C)cc1Br. The van der Waals surface area contributed by atoms with Gasteiger partial charge in [-0.2, -0.15) is 0 Å². The first-order chi connectivity index (χ1) is 8.90. The zero-order valence-electron chi connectivity index (χ0n) is 11.1. The van der Waals surface area contributed by atoms with E-state index in [0.717, 1.165) is 26.2 Å². The Balaban J connectivity index is 2.52. The van der Waals surface area contributed by atoms with Crippen molar-refractivity contribution in [3.63, 3.8) is 0 Å². The largest absolute Gasteiger partial charge is 0.113 e. The van der Waals surface area contributed by atoms with E-state index < -0.39 is 0 Å². The molecule has 19 heavy (non-hydrogen) atoms. The van der Waals surface area contributed by atoms with Crippen LogP contribution in [0.25, 0.3) is 0 Å². The molecule has 0 aliphatic rings. The predicted octanol–water partition coefficient (Wildman–Crippen LogP) is 6.36. The summed E-state index contributed by atoms with van der Waals surface area (Å²) in [5.41, 5.74) is 5.72. The van der Waals surface area contributed by atoms with Gasteiger partial charge in [0.1, 0.15) is 0 Å². The van der Waals surface area contributed by atoms with Gasteiger partial charge in [0, 0.05) is 9.50 Å². The molecule has 0 spiro atoms. The Morgan fingerprint density at radius 3 is 2.21 bits per heavy atom. The average Bonchev–Trinajstić information content (AvgIpc) is 2.36. The van der Waals surface area contributed by atoms with Gasteiger partial charge in [0.05, 0.1) is 5.38 Å². The van der Waals surface area contributed by atoms with Crippen molar-refractivity contribution in [1.29, 1.82) is 0 Å². The maximum atomic E-state index is 6.66. The van der Waals surface area contributed by atoms with Gasteiger partial charge >= 0.3 is 0 Å². The minimum atomic E-state index is -0.175. The van der Waals surface area contributed by atoms with Gasteiger partial charge in [-0.25, -0.2) is 0 Å². The molecule has 1 unspecified atom stereocenters. The summed E-state index contributed by atoms with van der Waals surface area (Å²) in [5, 5.41) is 0.545. The normalized spacial score (nSPS) is 12.5. The number of hydrogen-bond acceptors (Lipinski definition) is 0. The van der Waals surface area contributed by atoms with E-state index in [1.54, 1.807) is 0 Å². The molecule has 0 N–H and O–H groups in total. The van der Waals surface area contributed by atoms with E-state index in [9.17, 15) is 0 Å². The Morgan fingerprint density at radius 1 is 0.895 bits per heavy atom. The third kappa shape index (κ3) is 3.16. The molecule has 0 saturated carbocycles. The number of halogens is 3. The van der Waals surface area contributed by atoms with Crippen LogP contribution in [0.2, 0.25) is 5.02 Å². The molecule has 0 aliphatic carbocycles. The highest BCUT2D eigenvalue weighted by molar-refractivity contribution is 9.10. The second kappa shape index (κ2) is 5.87. The van der Waals surface area contributed by atoms with Gasteiger partial charge in [0.25, 0.3) is 0 Å². The molecule has 2 aromatic carbocycles. The highest BCUT2D eigenvalue weighted by Gasteiger charge is 2.16. The van der Waals surface area contributed by atoms with Crippen molar-refractivity contribution in [3.05, 3.63) is 67.6 Å². The van der Waals surface area contributed by atoms with Crippen LogP contribution in [0.1, 0.15) is 33.2 Å². The second-order valence-electron chi connectivity index (χ2n) is 4.82. The van der Waals surface area contributed by atoms with E-state index in [2.05, 4.69) is 48.8 Å². The van der Waals surface area contributed by atoms with Crippen LogP contribution in [0, 0.1) is 20.8 Å². The maximum absolute atomic E-state index is 6.66. The summed E-state index contributed by atoms with van der Waals surface area (Å²) in [6.07, 6.45) is 0. The molecule has 0 aromatic heterocycles. The number of rotatable bonds is 2. The summed E-state index contributed by atoms with van der Waals surface area (Å²) in [4.78, 5) is 0.